The minimum Gasteiger partial charge on any atom is -0.372 e. The van der Waals surface area contributed by atoms with Gasteiger partial charge in [-0.1, -0.05) is 30.5 Å². The second-order valence-electron chi connectivity index (χ2n) is 9.05. The maximum atomic E-state index is 12.1. The third-order valence-corrected chi connectivity index (χ3v) is 5.27. The summed E-state index contributed by atoms with van der Waals surface area (Å²) in [6.07, 6.45) is 0.955. The lowest BCUT2D eigenvalue weighted by Crippen LogP contribution is -2.54. The Kier molecular flexibility index (Phi) is 12.6. The second-order valence-corrected chi connectivity index (χ2v) is 9.05. The Morgan fingerprint density at radius 1 is 1.23 bits per heavy atom. The summed E-state index contributed by atoms with van der Waals surface area (Å²) in [5, 5.41) is 10.7. The third-order valence-electron chi connectivity index (χ3n) is 5.27. The Morgan fingerprint density at radius 2 is 1.93 bits per heavy atom. The highest BCUT2D eigenvalue weighted by Crippen LogP contribution is 2.18. The molecule has 4 radical (unpaired) electrons. The van der Waals surface area contributed by atoms with Gasteiger partial charge in [0.15, 0.2) is 5.69 Å². The van der Waals surface area contributed by atoms with Crippen LogP contribution in [0.4, 0.5) is 13.2 Å². The number of aromatic nitrogens is 4. The number of benzene rings is 1. The Hall–Kier alpha value is -3.39. The predicted octanol–water partition coefficient (Wildman–Crippen LogP) is 1.76. The lowest BCUT2D eigenvalue weighted by atomic mass is 9.60. The van der Waals surface area contributed by atoms with Gasteiger partial charge in [-0.15, -0.1) is 0 Å². The Balaban J connectivity index is 0.000000351. The molecule has 3 N–H and O–H groups in total. The van der Waals surface area contributed by atoms with Gasteiger partial charge in [0.1, 0.15) is 18.1 Å². The minimum atomic E-state index is -4.35. The molecule has 0 bridgehead atoms. The number of aromatic amines is 1. The van der Waals surface area contributed by atoms with Crippen LogP contribution in [0.25, 0.3) is 11.0 Å². The van der Waals surface area contributed by atoms with E-state index in [9.17, 15) is 22.8 Å². The summed E-state index contributed by atoms with van der Waals surface area (Å²) < 4.78 is 45.1. The number of hydrogen-bond acceptors (Lipinski definition) is 8. The number of alkyl halides is 3. The van der Waals surface area contributed by atoms with Gasteiger partial charge in [0, 0.05) is 26.6 Å². The largest absolute Gasteiger partial charge is 0.411 e. The third kappa shape index (κ3) is 11.4. The summed E-state index contributed by atoms with van der Waals surface area (Å²) in [7, 11) is 15.1. The Morgan fingerprint density at radius 3 is 2.45 bits per heavy atom. The van der Waals surface area contributed by atoms with Crippen molar-refractivity contribution in [3.63, 3.8) is 0 Å². The molecular formula is C24H32B2F3N7O4. The normalized spacial score (nSPS) is 12.6. The van der Waals surface area contributed by atoms with E-state index in [0.717, 1.165) is 5.56 Å². The van der Waals surface area contributed by atoms with Crippen LogP contribution >= 0.6 is 0 Å². The Bertz CT molecular complexity index is 1220. The van der Waals surface area contributed by atoms with E-state index in [2.05, 4.69) is 40.3 Å². The van der Waals surface area contributed by atoms with Crippen molar-refractivity contribution in [2.45, 2.75) is 50.7 Å². The van der Waals surface area contributed by atoms with Crippen molar-refractivity contribution in [2.24, 2.45) is 0 Å². The zero-order chi connectivity index (χ0) is 29.8. The van der Waals surface area contributed by atoms with Gasteiger partial charge in [-0.05, 0) is 42.2 Å². The number of hydrogen-bond donors (Lipinski definition) is 3. The van der Waals surface area contributed by atoms with E-state index in [1.54, 1.807) is 32.2 Å². The van der Waals surface area contributed by atoms with E-state index < -0.39 is 18.1 Å². The van der Waals surface area contributed by atoms with Gasteiger partial charge in [-0.2, -0.15) is 13.2 Å². The van der Waals surface area contributed by atoms with E-state index >= 15 is 0 Å². The zero-order valence-corrected chi connectivity index (χ0v) is 22.7. The lowest BCUT2D eigenvalue weighted by Gasteiger charge is -2.37. The topological polar surface area (TPSA) is 138 Å². The number of fused-ring (bicyclic) bond motifs is 1. The molecule has 11 nitrogen and oxygen atoms in total. The van der Waals surface area contributed by atoms with Gasteiger partial charge >= 0.3 is 6.18 Å². The highest BCUT2D eigenvalue weighted by Gasteiger charge is 2.27. The molecule has 2 amide bonds. The fourth-order valence-corrected chi connectivity index (χ4v) is 3.10. The monoisotopic (exact) mass is 561 g/mol. The number of likely N-dealkylation sites (N-methyl/N-ethyl adjacent to an activating group) is 1. The first-order chi connectivity index (χ1) is 18.9. The number of carbonyl (C=O) groups is 2. The summed E-state index contributed by atoms with van der Waals surface area (Å²) in [4.78, 5) is 30.8. The molecule has 1 aromatic carbocycles. The summed E-state index contributed by atoms with van der Waals surface area (Å²) in [6, 6.07) is 5.31. The average Bonchev–Trinajstić information content (AvgIpc) is 3.63. The van der Waals surface area contributed by atoms with Crippen LogP contribution in [-0.2, 0) is 22.5 Å². The van der Waals surface area contributed by atoms with Crippen LogP contribution in [0.15, 0.2) is 22.8 Å². The van der Waals surface area contributed by atoms with Gasteiger partial charge in [-0.3, -0.25) is 9.59 Å². The fourth-order valence-electron chi connectivity index (χ4n) is 3.10. The molecule has 2 heterocycles. The molecule has 1 fully saturated rings. The van der Waals surface area contributed by atoms with Gasteiger partial charge in [0.25, 0.3) is 5.91 Å². The molecule has 0 aliphatic heterocycles. The molecule has 0 unspecified atom stereocenters. The number of amides is 2. The van der Waals surface area contributed by atoms with Gasteiger partial charge < -0.3 is 25.3 Å². The number of ether oxygens (including phenoxy) is 1. The molecular weight excluding hydrogens is 529 g/mol. The van der Waals surface area contributed by atoms with Crippen LogP contribution in [0.2, 0.25) is 0 Å². The number of nitrogens with zero attached hydrogens (tertiary/aromatic N) is 4. The van der Waals surface area contributed by atoms with Crippen molar-refractivity contribution in [3.05, 3.63) is 41.0 Å². The molecule has 2 aromatic heterocycles. The number of nitrogens with one attached hydrogen (secondary N) is 3. The second kappa shape index (κ2) is 15.4. The van der Waals surface area contributed by atoms with Crippen molar-refractivity contribution in [1.29, 1.82) is 0 Å². The molecule has 3 aromatic rings. The maximum absolute atomic E-state index is 12.1. The van der Waals surface area contributed by atoms with E-state index in [1.165, 1.54) is 31.2 Å². The summed E-state index contributed by atoms with van der Waals surface area (Å²) in [5.74, 6) is 0.234. The first kappa shape index (κ1) is 32.8. The first-order valence-electron chi connectivity index (χ1n) is 12.5. The number of carbonyl (C=O) groups excluding carboxylic acids is 2. The molecule has 4 rings (SSSR count). The number of rotatable bonds is 11. The molecule has 1 aliphatic carbocycles. The smallest absolute Gasteiger partial charge is 0.372 e. The van der Waals surface area contributed by atoms with Crippen molar-refractivity contribution >= 4 is 39.0 Å². The molecule has 0 atom stereocenters. The van der Waals surface area contributed by atoms with Crippen LogP contribution in [0.5, 0.6) is 0 Å². The van der Waals surface area contributed by atoms with E-state index in [0.29, 0.717) is 29.0 Å². The highest BCUT2D eigenvalue weighted by molar-refractivity contribution is 6.40. The van der Waals surface area contributed by atoms with E-state index in [4.69, 9.17) is 15.7 Å². The quantitative estimate of drug-likeness (QED) is 0.183. The molecule has 1 aliphatic rings. The van der Waals surface area contributed by atoms with Crippen molar-refractivity contribution in [3.8, 4) is 0 Å². The van der Waals surface area contributed by atoms with Crippen molar-refractivity contribution in [1.82, 2.24) is 35.8 Å². The lowest BCUT2D eigenvalue weighted by molar-refractivity contribution is -0.173. The Labute approximate surface area is 232 Å². The van der Waals surface area contributed by atoms with Crippen molar-refractivity contribution < 1.29 is 32.1 Å². The van der Waals surface area contributed by atoms with Crippen LogP contribution in [-0.4, -0.2) is 98.6 Å². The molecule has 0 saturated heterocycles. The van der Waals surface area contributed by atoms with E-state index in [-0.39, 0.29) is 37.7 Å². The number of H-pyrrole nitrogens is 1. The van der Waals surface area contributed by atoms with Gasteiger partial charge in [-0.25, -0.2) is 9.61 Å². The summed E-state index contributed by atoms with van der Waals surface area (Å²) in [5.41, 5.74) is 2.86. The standard InChI is InChI=1S/C16H19B2F3N4O2.C5H7N3O2.C3H6/c1-22-8-15(17,18)25(10-26)7-11-2-3-12-13(6-11)24-14(23-12)4-5-27-9-16(19,20)21;1-3-4(5(9)6-2)8-10-7-3;1-2-3-1/h2-3,6,10,22H,4-5,7-9H2,1H3,(H,23,24);1-2H3,(H,6,9);1-3H2. The number of aryl methyl sites for hydroxylation is 1. The first-order valence-corrected chi connectivity index (χ1v) is 12.5. The van der Waals surface area contributed by atoms with Crippen LogP contribution < -0.4 is 10.6 Å². The van der Waals surface area contributed by atoms with Crippen LogP contribution in [0, 0.1) is 6.92 Å². The maximum Gasteiger partial charge on any atom is 0.411 e. The summed E-state index contributed by atoms with van der Waals surface area (Å²) in [6.45, 7) is 0.668. The molecule has 214 valence electrons. The molecule has 16 heteroatoms. The molecule has 1 saturated carbocycles. The molecule has 40 heavy (non-hydrogen) atoms. The number of halogens is 3. The average molecular weight is 561 g/mol. The predicted molar refractivity (Wildman–Crippen MR) is 143 cm³/mol. The zero-order valence-electron chi connectivity index (χ0n) is 22.7. The van der Waals surface area contributed by atoms with Gasteiger partial charge in [0.05, 0.1) is 33.3 Å². The van der Waals surface area contributed by atoms with Crippen LogP contribution in [0.3, 0.4) is 0 Å². The highest BCUT2D eigenvalue weighted by atomic mass is 19.4. The SMILES string of the molecule is C1CC1.CNC(=O)c1nonc1C.[B]C([B])(CNC)N(C=O)Cc1ccc2nc(CCOCC(F)(F)F)[nH]c2c1. The fraction of sp³-hybridized carbons (Fsp3) is 0.542. The molecule has 0 spiro atoms. The summed E-state index contributed by atoms with van der Waals surface area (Å²) >= 11 is 0. The minimum absolute atomic E-state index is 0.0992. The van der Waals surface area contributed by atoms with Crippen molar-refractivity contribution in [2.75, 3.05) is 33.9 Å². The van der Waals surface area contributed by atoms with Gasteiger partial charge in [0.2, 0.25) is 6.41 Å². The van der Waals surface area contributed by atoms with Crippen LogP contribution in [0.1, 0.15) is 46.8 Å². The van der Waals surface area contributed by atoms with E-state index in [1.807, 2.05) is 0 Å². The number of imidazole rings is 1.